The predicted molar refractivity (Wildman–Crippen MR) is 175 cm³/mol. The van der Waals surface area contributed by atoms with E-state index >= 15 is 0 Å². The zero-order valence-corrected chi connectivity index (χ0v) is 25.2. The Kier molecular flexibility index (Phi) is 8.08. The SMILES string of the molecule is CC(C)CC(=O)Nc1cncc(-c2ccc3[nH]nc(-c4cc5c(-c6cc(F)cc(NCCN(C)C)c6)nccc5[nH]4)c3c2)c1. The van der Waals surface area contributed by atoms with Crippen molar-refractivity contribution in [3.63, 3.8) is 0 Å². The highest BCUT2D eigenvalue weighted by Gasteiger charge is 2.16. The number of benzene rings is 2. The summed E-state index contributed by atoms with van der Waals surface area (Å²) in [5, 5.41) is 15.8. The van der Waals surface area contributed by atoms with Crippen LogP contribution in [0.1, 0.15) is 20.3 Å². The molecule has 1 amide bonds. The summed E-state index contributed by atoms with van der Waals surface area (Å²) in [6.07, 6.45) is 5.61. The van der Waals surface area contributed by atoms with E-state index in [0.29, 0.717) is 35.6 Å². The molecule has 4 aromatic heterocycles. The van der Waals surface area contributed by atoms with Crippen molar-refractivity contribution in [2.24, 2.45) is 5.92 Å². The van der Waals surface area contributed by atoms with Gasteiger partial charge in [0.15, 0.2) is 0 Å². The fraction of sp³-hybridized carbons (Fsp3) is 0.235. The van der Waals surface area contributed by atoms with Crippen LogP contribution in [0.4, 0.5) is 15.8 Å². The average Bonchev–Trinajstić information content (AvgIpc) is 3.60. The summed E-state index contributed by atoms with van der Waals surface area (Å²) in [7, 11) is 4.00. The molecule has 0 aliphatic rings. The quantitative estimate of drug-likeness (QED) is 0.138. The molecule has 10 heteroatoms. The lowest BCUT2D eigenvalue weighted by atomic mass is 10.0. The number of anilines is 2. The second kappa shape index (κ2) is 12.3. The van der Waals surface area contributed by atoms with Crippen LogP contribution in [0.2, 0.25) is 0 Å². The number of nitrogens with one attached hydrogen (secondary N) is 4. The van der Waals surface area contributed by atoms with Crippen LogP contribution in [0.5, 0.6) is 0 Å². The van der Waals surface area contributed by atoms with Crippen molar-refractivity contribution in [3.05, 3.63) is 79.0 Å². The molecule has 44 heavy (non-hydrogen) atoms. The van der Waals surface area contributed by atoms with E-state index in [9.17, 15) is 9.18 Å². The normalized spacial score (nSPS) is 11.6. The van der Waals surface area contributed by atoms with Gasteiger partial charge < -0.3 is 20.5 Å². The van der Waals surface area contributed by atoms with Gasteiger partial charge in [-0.1, -0.05) is 19.9 Å². The fourth-order valence-electron chi connectivity index (χ4n) is 5.31. The number of aromatic amines is 2. The molecule has 0 radical (unpaired) electrons. The van der Waals surface area contributed by atoms with Crippen LogP contribution >= 0.6 is 0 Å². The molecule has 2 aromatic carbocycles. The number of hydrogen-bond donors (Lipinski definition) is 4. The van der Waals surface area contributed by atoms with Crippen LogP contribution < -0.4 is 10.6 Å². The summed E-state index contributed by atoms with van der Waals surface area (Å²) >= 11 is 0. The zero-order chi connectivity index (χ0) is 30.8. The van der Waals surface area contributed by atoms with Crippen LogP contribution in [0.15, 0.2) is 73.2 Å². The zero-order valence-electron chi connectivity index (χ0n) is 25.2. The maximum Gasteiger partial charge on any atom is 0.224 e. The van der Waals surface area contributed by atoms with E-state index in [1.165, 1.54) is 12.1 Å². The van der Waals surface area contributed by atoms with Crippen molar-refractivity contribution in [2.45, 2.75) is 20.3 Å². The summed E-state index contributed by atoms with van der Waals surface area (Å²) in [4.78, 5) is 26.9. The second-order valence-corrected chi connectivity index (χ2v) is 11.7. The van der Waals surface area contributed by atoms with Crippen molar-refractivity contribution in [2.75, 3.05) is 37.8 Å². The Morgan fingerprint density at radius 1 is 0.909 bits per heavy atom. The van der Waals surface area contributed by atoms with E-state index in [1.54, 1.807) is 18.6 Å². The minimum Gasteiger partial charge on any atom is -0.384 e. The molecule has 4 N–H and O–H groups in total. The number of halogens is 1. The highest BCUT2D eigenvalue weighted by Crippen LogP contribution is 2.35. The Bertz CT molecular complexity index is 1960. The number of carbonyl (C=O) groups is 1. The molecule has 0 fully saturated rings. The molecule has 0 spiro atoms. The standard InChI is InChI=1S/C34H35FN8O/c1-20(2)11-32(44)39-26-14-23(18-36-19-26)21-5-6-30-27(15-21)34(42-41-30)31-17-28-29(40-31)7-8-38-33(28)22-12-24(35)16-25(13-22)37-9-10-43(3)4/h5-8,12-20,37,40H,9-11H2,1-4H3,(H,39,44)(H,41,42). The number of likely N-dealkylation sites (N-methyl/N-ethyl adjacent to an activating group) is 1. The molecule has 6 rings (SSSR count). The molecule has 0 atom stereocenters. The average molecular weight is 591 g/mol. The maximum absolute atomic E-state index is 14.7. The molecule has 0 aliphatic carbocycles. The van der Waals surface area contributed by atoms with Gasteiger partial charge in [-0.25, -0.2) is 4.39 Å². The Hall–Kier alpha value is -5.09. The molecule has 0 bridgehead atoms. The van der Waals surface area contributed by atoms with Gasteiger partial charge in [0, 0.05) is 65.0 Å². The Morgan fingerprint density at radius 2 is 1.73 bits per heavy atom. The van der Waals surface area contributed by atoms with Gasteiger partial charge in [0.1, 0.15) is 11.5 Å². The minimum atomic E-state index is -0.326. The van der Waals surface area contributed by atoms with Gasteiger partial charge in [0.2, 0.25) is 5.91 Å². The molecule has 0 saturated carbocycles. The highest BCUT2D eigenvalue weighted by atomic mass is 19.1. The Balaban J connectivity index is 1.33. The first-order chi connectivity index (χ1) is 21.2. The van der Waals surface area contributed by atoms with Crippen molar-refractivity contribution >= 4 is 39.1 Å². The summed E-state index contributed by atoms with van der Waals surface area (Å²) in [6, 6.07) is 16.8. The fourth-order valence-corrected chi connectivity index (χ4v) is 5.31. The number of fused-ring (bicyclic) bond motifs is 2. The molecule has 4 heterocycles. The van der Waals surface area contributed by atoms with Gasteiger partial charge in [0.05, 0.1) is 28.8 Å². The number of hydrogen-bond acceptors (Lipinski definition) is 6. The highest BCUT2D eigenvalue weighted by molar-refractivity contribution is 6.01. The number of amides is 1. The predicted octanol–water partition coefficient (Wildman–Crippen LogP) is 6.93. The van der Waals surface area contributed by atoms with E-state index in [0.717, 1.165) is 50.9 Å². The van der Waals surface area contributed by atoms with Gasteiger partial charge in [-0.15, -0.1) is 0 Å². The number of nitrogens with zero attached hydrogens (tertiary/aromatic N) is 4. The summed E-state index contributed by atoms with van der Waals surface area (Å²) < 4.78 is 14.7. The summed E-state index contributed by atoms with van der Waals surface area (Å²) in [6.45, 7) is 5.56. The van der Waals surface area contributed by atoms with Gasteiger partial charge in [0.25, 0.3) is 0 Å². The number of H-pyrrole nitrogens is 2. The van der Waals surface area contributed by atoms with Crippen LogP contribution in [-0.2, 0) is 4.79 Å². The molecule has 0 saturated heterocycles. The second-order valence-electron chi connectivity index (χ2n) is 11.7. The van der Waals surface area contributed by atoms with Gasteiger partial charge >= 0.3 is 0 Å². The molecule has 9 nitrogen and oxygen atoms in total. The molecule has 0 aliphatic heterocycles. The van der Waals surface area contributed by atoms with Crippen LogP contribution in [-0.4, -0.2) is 63.1 Å². The smallest absolute Gasteiger partial charge is 0.224 e. The summed E-state index contributed by atoms with van der Waals surface area (Å²) in [5.74, 6) is -0.0893. The third-order valence-electron chi connectivity index (χ3n) is 7.37. The lowest BCUT2D eigenvalue weighted by molar-refractivity contribution is -0.116. The number of carbonyl (C=O) groups excluding carboxylic acids is 1. The molecule has 224 valence electrons. The lowest BCUT2D eigenvalue weighted by Crippen LogP contribution is -2.20. The van der Waals surface area contributed by atoms with Crippen molar-refractivity contribution < 1.29 is 9.18 Å². The van der Waals surface area contributed by atoms with Crippen molar-refractivity contribution in [3.8, 4) is 33.8 Å². The van der Waals surface area contributed by atoms with E-state index < -0.39 is 0 Å². The lowest BCUT2D eigenvalue weighted by Gasteiger charge is -2.12. The Morgan fingerprint density at radius 3 is 2.55 bits per heavy atom. The van der Waals surface area contributed by atoms with Crippen molar-refractivity contribution in [1.82, 2.24) is 30.0 Å². The monoisotopic (exact) mass is 590 g/mol. The summed E-state index contributed by atoms with van der Waals surface area (Å²) in [5.41, 5.74) is 7.88. The van der Waals surface area contributed by atoms with Crippen LogP contribution in [0.25, 0.3) is 55.6 Å². The molecule has 0 unspecified atom stereocenters. The molecular formula is C34H35FN8O. The van der Waals surface area contributed by atoms with Crippen molar-refractivity contribution in [1.29, 1.82) is 0 Å². The van der Waals surface area contributed by atoms with Crippen LogP contribution in [0.3, 0.4) is 0 Å². The third-order valence-corrected chi connectivity index (χ3v) is 7.37. The first kappa shape index (κ1) is 29.0. The van der Waals surface area contributed by atoms with E-state index in [4.69, 9.17) is 0 Å². The number of aromatic nitrogens is 5. The maximum atomic E-state index is 14.7. The number of rotatable bonds is 10. The first-order valence-corrected chi connectivity index (χ1v) is 14.6. The van der Waals surface area contributed by atoms with Gasteiger partial charge in [-0.05, 0) is 74.1 Å². The topological polar surface area (TPSA) is 115 Å². The minimum absolute atomic E-state index is 0.0331. The molecule has 6 aromatic rings. The van der Waals surface area contributed by atoms with E-state index in [2.05, 4.69) is 46.7 Å². The molecular weight excluding hydrogens is 555 g/mol. The van der Waals surface area contributed by atoms with E-state index in [-0.39, 0.29) is 17.6 Å². The Labute approximate surface area is 254 Å². The largest absolute Gasteiger partial charge is 0.384 e. The van der Waals surface area contributed by atoms with Crippen LogP contribution in [0, 0.1) is 11.7 Å². The van der Waals surface area contributed by atoms with E-state index in [1.807, 2.05) is 64.3 Å². The van der Waals surface area contributed by atoms with Gasteiger partial charge in [-0.2, -0.15) is 5.10 Å². The van der Waals surface area contributed by atoms with Gasteiger partial charge in [-0.3, -0.25) is 19.9 Å². The number of pyridine rings is 2. The first-order valence-electron chi connectivity index (χ1n) is 14.6. The third kappa shape index (κ3) is 6.30.